The highest BCUT2D eigenvalue weighted by Crippen LogP contribution is 2.76. The molecule has 0 radical (unpaired) electrons. The molecule has 27 heteroatoms. The predicted octanol–water partition coefficient (Wildman–Crippen LogP) is 2.29. The Bertz CT molecular complexity index is 3050. The van der Waals surface area contributed by atoms with Gasteiger partial charge in [0.1, 0.15) is 66.8 Å². The molecule has 4 saturated carbocycles. The Morgan fingerprint density at radius 2 is 1.38 bits per heavy atom. The molecule has 1 aromatic rings. The van der Waals surface area contributed by atoms with Gasteiger partial charge in [0.2, 0.25) is 12.1 Å². The maximum absolute atomic E-state index is 15.9. The van der Waals surface area contributed by atoms with Crippen molar-refractivity contribution < 1.29 is 132 Å². The second-order valence-corrected chi connectivity index (χ2v) is 29.1. The van der Waals surface area contributed by atoms with Gasteiger partial charge >= 0.3 is 23.9 Å². The fourth-order valence-electron chi connectivity index (χ4n) is 18.0. The van der Waals surface area contributed by atoms with Crippen LogP contribution in [0.25, 0.3) is 6.08 Å². The second kappa shape index (κ2) is 25.8. The molecule has 0 bridgehead atoms. The van der Waals surface area contributed by atoms with Crippen LogP contribution in [0, 0.1) is 50.2 Å². The third kappa shape index (κ3) is 11.9. The summed E-state index contributed by atoms with van der Waals surface area (Å²) in [5.41, 5.74) is -3.65. The highest BCUT2D eigenvalue weighted by atomic mass is 17.2. The minimum absolute atomic E-state index is 0.0985. The van der Waals surface area contributed by atoms with Crippen molar-refractivity contribution in [3.05, 3.63) is 47.6 Å². The average molecular weight is 1320 g/mol. The zero-order chi connectivity index (χ0) is 67.4. The molecule has 9 fully saturated rings. The normalized spacial score (nSPS) is 47.7. The topological polar surface area (TPSA) is 384 Å². The van der Waals surface area contributed by atoms with Crippen LogP contribution in [-0.2, 0) is 85.9 Å². The largest absolute Gasteiger partial charge is 0.497 e. The van der Waals surface area contributed by atoms with Gasteiger partial charge in [-0.15, -0.1) is 0 Å². The predicted molar refractivity (Wildman–Crippen MR) is 314 cm³/mol. The zero-order valence-corrected chi connectivity index (χ0v) is 53.9. The van der Waals surface area contributed by atoms with E-state index in [4.69, 9.17) is 61.9 Å². The molecule has 5 saturated heterocycles. The van der Waals surface area contributed by atoms with E-state index in [0.29, 0.717) is 49.8 Å². The summed E-state index contributed by atoms with van der Waals surface area (Å²) in [6, 6.07) is 6.83. The van der Waals surface area contributed by atoms with E-state index in [0.717, 1.165) is 24.9 Å². The molecule has 516 valence electrons. The Balaban J connectivity index is 0.876. The number of esters is 3. The number of carboxylic acids is 1. The van der Waals surface area contributed by atoms with Crippen molar-refractivity contribution in [1.29, 1.82) is 0 Å². The summed E-state index contributed by atoms with van der Waals surface area (Å²) in [5.74, 6) is -5.62. The number of rotatable bonds is 15. The molecular formula is C66H90O27. The molecule has 0 aromatic heterocycles. The third-order valence-corrected chi connectivity index (χ3v) is 23.4. The number of Topliss-reactive ketones (excluding diaryl/α,β-unsaturated/α-hetero) is 1. The second-order valence-electron chi connectivity index (χ2n) is 29.1. The summed E-state index contributed by atoms with van der Waals surface area (Å²) in [4.78, 5) is 92.2. The van der Waals surface area contributed by atoms with Crippen molar-refractivity contribution in [2.75, 3.05) is 13.7 Å². The summed E-state index contributed by atoms with van der Waals surface area (Å²) >= 11 is 0. The zero-order valence-electron chi connectivity index (χ0n) is 53.9. The maximum atomic E-state index is 15.9. The number of carbonyl (C=O) groups is 6. The molecule has 5 heterocycles. The SMILES string of the molecule is COc1ccc(/C=C\C(=O)OC2C(C)OC(OC(=O)[C@]34CCC(C)(C)C[C@H]3C3=CC[C@@H]5[C@@]6(C)CC[C@H](OC7OC(C(=O)O)C(O)C(O)C7OC7OC8COOC8C(=O)C7O)[C@@](C)(C=O)[C@@H]6CC[C@@]5(C)[C@]3(C)C[C@H]4O)C(OC3OC(C)C(O)C(O)C3O)C2OC(C)=O)cc1. The highest BCUT2D eigenvalue weighted by molar-refractivity contribution is 5.89. The van der Waals surface area contributed by atoms with Gasteiger partial charge in [0.05, 0.1) is 36.9 Å². The molecule has 93 heavy (non-hydrogen) atoms. The number of carbonyl (C=O) groups excluding carboxylic acids is 5. The monoisotopic (exact) mass is 1310 g/mol. The van der Waals surface area contributed by atoms with Crippen molar-refractivity contribution in [3.63, 3.8) is 0 Å². The molecule has 5 aliphatic heterocycles. The van der Waals surface area contributed by atoms with Crippen LogP contribution in [0.3, 0.4) is 0 Å². The number of ether oxygens (including phenoxy) is 11. The number of hydrogen-bond donors (Lipinski definition) is 8. The lowest BCUT2D eigenvalue weighted by atomic mass is 9.33. The molecule has 8 N–H and O–H groups in total. The van der Waals surface area contributed by atoms with Gasteiger partial charge < -0.3 is 97.8 Å². The van der Waals surface area contributed by atoms with Gasteiger partial charge in [-0.25, -0.2) is 19.4 Å². The first-order chi connectivity index (χ1) is 43.8. The number of aldehydes is 1. The minimum atomic E-state index is -2.07. The van der Waals surface area contributed by atoms with Crippen LogP contribution in [0.2, 0.25) is 0 Å². The van der Waals surface area contributed by atoms with Crippen LogP contribution in [0.1, 0.15) is 126 Å². The maximum Gasteiger partial charge on any atom is 0.335 e. The number of allylic oxidation sites excluding steroid dienone is 2. The number of benzene rings is 1. The van der Waals surface area contributed by atoms with E-state index in [9.17, 15) is 64.8 Å². The van der Waals surface area contributed by atoms with Crippen molar-refractivity contribution in [1.82, 2.24) is 0 Å². The minimum Gasteiger partial charge on any atom is -0.497 e. The van der Waals surface area contributed by atoms with Crippen LogP contribution < -0.4 is 4.74 Å². The number of methoxy groups -OCH3 is 1. The molecule has 0 amide bonds. The Hall–Kier alpha value is -4.92. The standard InChI is InChI=1S/C66H90O27/c1-29-42(71)43(72)47(76)56(83-29)91-54-53(85-31(3)68)49(88-41(70)18-13-32-11-14-33(81-10)15-12-32)30(2)84-59(54)92-60(80)66-24-23-61(4,5)25-35(66)34-16-17-38-62(6)21-20-40(63(7,28-67)37(62)19-22-64(38,8)65(34,9)26-39(66)69)87-58-52(45(74)44(73)51(89-58)55(78)79)90-57-48(77)46(75)50-36(86-57)27-82-93-50/h11-16,18,28-30,35-40,42-45,47-54,56-59,69,71-74,76-77H,17,19-27H2,1-10H3,(H,78,79)/b18-13-/t29?,30?,35-,36?,37+,38+,39+,40-,42?,43?,44?,45?,47?,48?,49?,50?,51?,52?,53?,54?,56?,57?,58?,59?,62-,63-,64+,65+,66+/m0/s1. The highest BCUT2D eigenvalue weighted by Gasteiger charge is 2.73. The molecule has 10 aliphatic rings. The van der Waals surface area contributed by atoms with Gasteiger partial charge in [-0.1, -0.05) is 65.3 Å². The van der Waals surface area contributed by atoms with Crippen molar-refractivity contribution in [3.8, 4) is 5.75 Å². The van der Waals surface area contributed by atoms with Crippen LogP contribution in [0.4, 0.5) is 0 Å². The van der Waals surface area contributed by atoms with Crippen molar-refractivity contribution in [2.45, 2.75) is 249 Å². The van der Waals surface area contributed by atoms with Crippen LogP contribution >= 0.6 is 0 Å². The summed E-state index contributed by atoms with van der Waals surface area (Å²) in [7, 11) is 1.52. The summed E-state index contributed by atoms with van der Waals surface area (Å²) in [6.07, 6.45) is -24.8. The molecule has 1 aromatic carbocycles. The number of fused-ring (bicyclic) bond motifs is 8. The van der Waals surface area contributed by atoms with Gasteiger partial charge in [-0.3, -0.25) is 14.4 Å². The van der Waals surface area contributed by atoms with E-state index in [1.807, 2.05) is 0 Å². The lowest BCUT2D eigenvalue weighted by Crippen LogP contribution is -2.69. The van der Waals surface area contributed by atoms with E-state index >= 15 is 4.79 Å². The van der Waals surface area contributed by atoms with Gasteiger partial charge in [0, 0.05) is 13.0 Å². The quantitative estimate of drug-likeness (QED) is 0.0237. The van der Waals surface area contributed by atoms with E-state index in [2.05, 4.69) is 40.7 Å². The van der Waals surface area contributed by atoms with E-state index in [1.165, 1.54) is 27.0 Å². The molecule has 29 atom stereocenters. The van der Waals surface area contributed by atoms with E-state index in [-0.39, 0.29) is 43.1 Å². The summed E-state index contributed by atoms with van der Waals surface area (Å²) in [6.45, 7) is 16.4. The van der Waals surface area contributed by atoms with E-state index < -0.39 is 192 Å². The first-order valence-corrected chi connectivity index (χ1v) is 32.2. The number of carboxylic acid groups (broad SMARTS) is 1. The van der Waals surface area contributed by atoms with Crippen molar-refractivity contribution in [2.24, 2.45) is 50.2 Å². The number of aliphatic hydroxyl groups excluding tert-OH is 7. The Morgan fingerprint density at radius 3 is 2.05 bits per heavy atom. The Kier molecular flexibility index (Phi) is 19.3. The van der Waals surface area contributed by atoms with Gasteiger partial charge in [-0.2, -0.15) is 0 Å². The lowest BCUT2D eigenvalue weighted by molar-refractivity contribution is -0.359. The van der Waals surface area contributed by atoms with E-state index in [1.54, 1.807) is 31.2 Å². The molecule has 19 unspecified atom stereocenters. The van der Waals surface area contributed by atoms with Crippen LogP contribution in [-0.4, -0.2) is 219 Å². The Morgan fingerprint density at radius 1 is 0.677 bits per heavy atom. The smallest absolute Gasteiger partial charge is 0.335 e. The van der Waals surface area contributed by atoms with Gasteiger partial charge in [0.15, 0.2) is 55.5 Å². The fourth-order valence-corrected chi connectivity index (χ4v) is 18.0. The Labute approximate surface area is 538 Å². The van der Waals surface area contributed by atoms with Gasteiger partial charge in [0.25, 0.3) is 0 Å². The summed E-state index contributed by atoms with van der Waals surface area (Å²) in [5, 5.41) is 89.8. The summed E-state index contributed by atoms with van der Waals surface area (Å²) < 4.78 is 66.7. The molecule has 27 nitrogen and oxygen atoms in total. The average Bonchev–Trinajstić information content (AvgIpc) is 1.01. The fraction of sp³-hybridized carbons (Fsp3) is 0.758. The first-order valence-electron chi connectivity index (χ1n) is 32.2. The molecular weight excluding hydrogens is 1220 g/mol. The van der Waals surface area contributed by atoms with Crippen LogP contribution in [0.5, 0.6) is 5.75 Å². The lowest BCUT2D eigenvalue weighted by Gasteiger charge is -2.71. The third-order valence-electron chi connectivity index (χ3n) is 23.4. The number of aliphatic hydroxyl groups is 7. The van der Waals surface area contributed by atoms with Gasteiger partial charge in [-0.05, 0) is 135 Å². The number of aliphatic carboxylic acids is 1. The number of ketones is 1. The molecule has 5 aliphatic carbocycles. The number of hydrogen-bond acceptors (Lipinski definition) is 26. The van der Waals surface area contributed by atoms with Crippen molar-refractivity contribution >= 4 is 42.0 Å². The molecule has 0 spiro atoms. The van der Waals surface area contributed by atoms with Crippen LogP contribution in [0.15, 0.2) is 42.0 Å². The first kappa shape index (κ1) is 69.4. The molecule has 11 rings (SSSR count).